The maximum Gasteiger partial charge on any atom is 0.362 e. The summed E-state index contributed by atoms with van der Waals surface area (Å²) in [4.78, 5) is 16.5. The van der Waals surface area contributed by atoms with Crippen LogP contribution in [-0.4, -0.2) is 10.1 Å². The van der Waals surface area contributed by atoms with E-state index < -0.39 is 5.63 Å². The van der Waals surface area contributed by atoms with Gasteiger partial charge in [0.15, 0.2) is 11.3 Å². The van der Waals surface area contributed by atoms with E-state index >= 15 is 0 Å². The van der Waals surface area contributed by atoms with E-state index in [0.717, 1.165) is 17.5 Å². The Hall–Kier alpha value is -2.88. The lowest BCUT2D eigenvalue weighted by atomic mass is 9.98. The summed E-state index contributed by atoms with van der Waals surface area (Å²) in [7, 11) is 0. The summed E-state index contributed by atoms with van der Waals surface area (Å²) in [5, 5.41) is 10.3. The second-order valence-electron chi connectivity index (χ2n) is 6.32. The average molecular weight is 335 g/mol. The minimum Gasteiger partial charge on any atom is -0.507 e. The molecule has 0 radical (unpaired) electrons. The van der Waals surface area contributed by atoms with Gasteiger partial charge < -0.3 is 9.52 Å². The van der Waals surface area contributed by atoms with Crippen molar-refractivity contribution in [2.75, 3.05) is 0 Å². The zero-order chi connectivity index (χ0) is 18.0. The number of nitrogens with zero attached hydrogens (tertiary/aromatic N) is 1. The minimum atomic E-state index is -0.567. The van der Waals surface area contributed by atoms with Crippen LogP contribution in [0, 0.1) is 6.92 Å². The number of benzene rings is 2. The topological polar surface area (TPSA) is 63.3 Å². The van der Waals surface area contributed by atoms with Gasteiger partial charge in [-0.2, -0.15) is 0 Å². The highest BCUT2D eigenvalue weighted by atomic mass is 16.4. The van der Waals surface area contributed by atoms with Crippen molar-refractivity contribution in [3.05, 3.63) is 75.3 Å². The highest BCUT2D eigenvalue weighted by molar-refractivity contribution is 5.78. The molecule has 0 fully saturated rings. The number of aliphatic hydroxyl groups is 1. The van der Waals surface area contributed by atoms with Crippen LogP contribution in [0.4, 0.5) is 0 Å². The molecule has 1 aromatic heterocycles. The van der Waals surface area contributed by atoms with Gasteiger partial charge in [-0.1, -0.05) is 49.7 Å². The van der Waals surface area contributed by atoms with Crippen molar-refractivity contribution in [3.63, 3.8) is 0 Å². The zero-order valence-corrected chi connectivity index (χ0v) is 14.6. The van der Waals surface area contributed by atoms with Gasteiger partial charge in [-0.15, -0.1) is 0 Å². The maximum absolute atomic E-state index is 12.1. The van der Waals surface area contributed by atoms with Crippen LogP contribution in [-0.2, 0) is 0 Å². The summed E-state index contributed by atoms with van der Waals surface area (Å²) in [6, 6.07) is 13.1. The van der Waals surface area contributed by atoms with Gasteiger partial charge in [-0.25, -0.2) is 9.78 Å². The van der Waals surface area contributed by atoms with Crippen molar-refractivity contribution >= 4 is 22.9 Å². The number of hydrogen-bond acceptors (Lipinski definition) is 4. The second-order valence-corrected chi connectivity index (χ2v) is 6.32. The Morgan fingerprint density at radius 1 is 1.24 bits per heavy atom. The van der Waals surface area contributed by atoms with E-state index in [1.54, 1.807) is 18.2 Å². The normalized spacial score (nSPS) is 13.2. The number of fused-ring (bicyclic) bond motifs is 1. The Balaban J connectivity index is 2.05. The Bertz CT molecular complexity index is 984. The van der Waals surface area contributed by atoms with Crippen molar-refractivity contribution < 1.29 is 9.52 Å². The lowest BCUT2D eigenvalue weighted by Gasteiger charge is -2.09. The highest BCUT2D eigenvalue weighted by Gasteiger charge is 2.10. The lowest BCUT2D eigenvalue weighted by Crippen LogP contribution is -2.07. The molecule has 3 rings (SSSR count). The van der Waals surface area contributed by atoms with Gasteiger partial charge in [0.2, 0.25) is 0 Å². The molecule has 128 valence electrons. The molecule has 4 heteroatoms. The molecule has 1 atom stereocenters. The van der Waals surface area contributed by atoms with Crippen LogP contribution in [0.25, 0.3) is 22.9 Å². The minimum absolute atomic E-state index is 0.0165. The van der Waals surface area contributed by atoms with Gasteiger partial charge in [0.05, 0.1) is 0 Å². The van der Waals surface area contributed by atoms with Gasteiger partial charge in [0, 0.05) is 11.6 Å². The fraction of sp³-hybridized carbons (Fsp3) is 0.238. The molecule has 0 aliphatic heterocycles. The summed E-state index contributed by atoms with van der Waals surface area (Å²) in [6.07, 6.45) is 2.37. The van der Waals surface area contributed by atoms with E-state index in [1.807, 2.05) is 31.2 Å². The van der Waals surface area contributed by atoms with Gasteiger partial charge >= 0.3 is 5.63 Å². The van der Waals surface area contributed by atoms with Crippen molar-refractivity contribution in [1.82, 2.24) is 4.98 Å². The molecule has 0 unspecified atom stereocenters. The van der Waals surface area contributed by atoms with Crippen molar-refractivity contribution in [1.29, 1.82) is 0 Å². The molecule has 0 spiro atoms. The van der Waals surface area contributed by atoms with Crippen LogP contribution in [0.2, 0.25) is 0 Å². The number of aromatic nitrogens is 1. The molecule has 1 heterocycles. The average Bonchev–Trinajstić information content (AvgIpc) is 2.61. The molecule has 3 aromatic rings. The van der Waals surface area contributed by atoms with Gasteiger partial charge in [-0.05, 0) is 37.0 Å². The summed E-state index contributed by atoms with van der Waals surface area (Å²) < 4.78 is 5.34. The van der Waals surface area contributed by atoms with Crippen LogP contribution >= 0.6 is 0 Å². The molecule has 0 amide bonds. The molecule has 1 N–H and O–H groups in total. The van der Waals surface area contributed by atoms with E-state index in [2.05, 4.69) is 18.8 Å². The SMILES string of the molecule is CC[C@H](C)c1ccc2oc(=O)c(C=C(O)c3ccc(C)cc3)nc2c1. The molecule has 0 aliphatic rings. The Morgan fingerprint density at radius 3 is 2.64 bits per heavy atom. The summed E-state index contributed by atoms with van der Waals surface area (Å²) >= 11 is 0. The summed E-state index contributed by atoms with van der Waals surface area (Å²) in [6.45, 7) is 6.24. The highest BCUT2D eigenvalue weighted by Crippen LogP contribution is 2.23. The third-order valence-corrected chi connectivity index (χ3v) is 4.44. The Morgan fingerprint density at radius 2 is 1.96 bits per heavy atom. The molecule has 0 saturated carbocycles. The third-order valence-electron chi connectivity index (χ3n) is 4.44. The molecular formula is C21H21NO3. The number of rotatable bonds is 4. The number of aryl methyl sites for hydroxylation is 1. The first-order chi connectivity index (χ1) is 12.0. The molecular weight excluding hydrogens is 314 g/mol. The van der Waals surface area contributed by atoms with E-state index in [4.69, 9.17) is 4.42 Å². The van der Waals surface area contributed by atoms with Gasteiger partial charge in [0.25, 0.3) is 0 Å². The number of aliphatic hydroxyl groups excluding tert-OH is 1. The number of hydrogen-bond donors (Lipinski definition) is 1. The molecule has 4 nitrogen and oxygen atoms in total. The standard InChI is InChI=1S/C21H21NO3/c1-4-14(3)16-9-10-20-17(11-16)22-18(21(24)25-20)12-19(23)15-7-5-13(2)6-8-15/h5-12,14,23H,4H2,1-3H3/t14-/m0/s1. The first-order valence-corrected chi connectivity index (χ1v) is 8.40. The van der Waals surface area contributed by atoms with Crippen LogP contribution in [0.3, 0.4) is 0 Å². The van der Waals surface area contributed by atoms with Crippen molar-refractivity contribution in [2.45, 2.75) is 33.1 Å². The first kappa shape index (κ1) is 17.0. The monoisotopic (exact) mass is 335 g/mol. The molecule has 0 bridgehead atoms. The molecule has 25 heavy (non-hydrogen) atoms. The van der Waals surface area contributed by atoms with Crippen molar-refractivity contribution in [3.8, 4) is 0 Å². The summed E-state index contributed by atoms with van der Waals surface area (Å²) in [5.41, 5.74) is 3.45. The first-order valence-electron chi connectivity index (χ1n) is 8.40. The maximum atomic E-state index is 12.1. The predicted octanol–water partition coefficient (Wildman–Crippen LogP) is 5.07. The predicted molar refractivity (Wildman–Crippen MR) is 101 cm³/mol. The van der Waals surface area contributed by atoms with Gasteiger partial charge in [0.1, 0.15) is 11.3 Å². The van der Waals surface area contributed by atoms with E-state index in [0.29, 0.717) is 22.6 Å². The molecule has 2 aromatic carbocycles. The van der Waals surface area contributed by atoms with Crippen LogP contribution in [0.5, 0.6) is 0 Å². The Labute approximate surface area is 146 Å². The quantitative estimate of drug-likeness (QED) is 0.676. The van der Waals surface area contributed by atoms with Crippen molar-refractivity contribution in [2.24, 2.45) is 0 Å². The summed E-state index contributed by atoms with van der Waals surface area (Å²) in [5.74, 6) is 0.385. The fourth-order valence-corrected chi connectivity index (χ4v) is 2.61. The fourth-order valence-electron chi connectivity index (χ4n) is 2.61. The molecule has 0 aliphatic carbocycles. The van der Waals surface area contributed by atoms with E-state index in [1.165, 1.54) is 6.08 Å². The lowest BCUT2D eigenvalue weighted by molar-refractivity contribution is 0.514. The van der Waals surface area contributed by atoms with Crippen LogP contribution in [0.1, 0.15) is 48.6 Å². The van der Waals surface area contributed by atoms with Gasteiger partial charge in [-0.3, -0.25) is 0 Å². The van der Waals surface area contributed by atoms with Crippen LogP contribution in [0.15, 0.2) is 51.7 Å². The van der Waals surface area contributed by atoms with E-state index in [9.17, 15) is 9.90 Å². The Kier molecular flexibility index (Phi) is 4.70. The molecule has 0 saturated heterocycles. The third kappa shape index (κ3) is 3.63. The smallest absolute Gasteiger partial charge is 0.362 e. The van der Waals surface area contributed by atoms with Crippen LogP contribution < -0.4 is 5.63 Å². The largest absolute Gasteiger partial charge is 0.507 e. The second kappa shape index (κ2) is 6.93. The zero-order valence-electron chi connectivity index (χ0n) is 14.6. The van der Waals surface area contributed by atoms with E-state index in [-0.39, 0.29) is 11.5 Å².